The molecule has 0 radical (unpaired) electrons. The molecule has 1 aliphatic rings. The summed E-state index contributed by atoms with van der Waals surface area (Å²) in [5, 5.41) is 0. The summed E-state index contributed by atoms with van der Waals surface area (Å²) in [4.78, 5) is 22.3. The molecule has 0 saturated carbocycles. The normalized spacial score (nSPS) is 17.3. The summed E-state index contributed by atoms with van der Waals surface area (Å²) in [5.74, 6) is 0.759. The molecule has 0 bridgehead atoms. The molecule has 1 unspecified atom stereocenters. The van der Waals surface area contributed by atoms with Crippen LogP contribution in [-0.4, -0.2) is 59.3 Å². The third-order valence-corrected chi connectivity index (χ3v) is 6.21. The minimum Gasteiger partial charge on any atom is -0.404 e. The summed E-state index contributed by atoms with van der Waals surface area (Å²) in [6, 6.07) is 6.98. The van der Waals surface area contributed by atoms with Crippen molar-refractivity contribution in [3.05, 3.63) is 53.4 Å². The predicted molar refractivity (Wildman–Crippen MR) is 120 cm³/mol. The van der Waals surface area contributed by atoms with E-state index in [4.69, 9.17) is 5.73 Å². The van der Waals surface area contributed by atoms with E-state index >= 15 is 0 Å². The molecule has 29 heavy (non-hydrogen) atoms. The number of allylic oxidation sites excluding steroid dienone is 1. The molecule has 4 rings (SSSR count). The molecule has 3 heterocycles. The smallest absolute Gasteiger partial charge is 0.225 e. The fourth-order valence-electron chi connectivity index (χ4n) is 3.64. The van der Waals surface area contributed by atoms with Gasteiger partial charge in [0.1, 0.15) is 0 Å². The van der Waals surface area contributed by atoms with E-state index in [1.807, 2.05) is 5.51 Å². The summed E-state index contributed by atoms with van der Waals surface area (Å²) in [5.41, 5.74) is 11.7. The SMILES string of the molecule is CN=CC(=CN)c1cnc(N2CCN(C(C)c3ccc4scnc4c3)CC2)nc1. The maximum Gasteiger partial charge on any atom is 0.225 e. The summed E-state index contributed by atoms with van der Waals surface area (Å²) >= 11 is 1.69. The van der Waals surface area contributed by atoms with Crippen LogP contribution in [0, 0.1) is 0 Å². The number of nitrogens with two attached hydrogens (primary N) is 1. The molecule has 2 N–H and O–H groups in total. The van der Waals surface area contributed by atoms with Crippen LogP contribution >= 0.6 is 11.3 Å². The zero-order valence-corrected chi connectivity index (χ0v) is 17.5. The number of aromatic nitrogens is 3. The van der Waals surface area contributed by atoms with Crippen LogP contribution in [-0.2, 0) is 0 Å². The molecule has 1 aliphatic heterocycles. The van der Waals surface area contributed by atoms with Gasteiger partial charge in [-0.15, -0.1) is 11.3 Å². The number of piperazine rings is 1. The second-order valence-corrected chi connectivity index (χ2v) is 7.95. The Hall–Kier alpha value is -2.84. The first-order valence-corrected chi connectivity index (χ1v) is 10.6. The molecule has 1 aromatic carbocycles. The van der Waals surface area contributed by atoms with Crippen LogP contribution in [0.15, 0.2) is 47.3 Å². The predicted octanol–water partition coefficient (Wildman–Crippen LogP) is 2.97. The highest BCUT2D eigenvalue weighted by molar-refractivity contribution is 7.16. The van der Waals surface area contributed by atoms with Crippen molar-refractivity contribution in [2.45, 2.75) is 13.0 Å². The average Bonchev–Trinajstić information content (AvgIpc) is 3.25. The number of aliphatic imine (C=N–C) groups is 1. The van der Waals surface area contributed by atoms with Crippen LogP contribution in [0.2, 0.25) is 0 Å². The Bertz CT molecular complexity index is 1020. The zero-order chi connectivity index (χ0) is 20.2. The highest BCUT2D eigenvalue weighted by Crippen LogP contribution is 2.27. The lowest BCUT2D eigenvalue weighted by Gasteiger charge is -2.38. The van der Waals surface area contributed by atoms with Crippen molar-refractivity contribution in [3.8, 4) is 0 Å². The maximum atomic E-state index is 5.66. The van der Waals surface area contributed by atoms with Gasteiger partial charge in [0.2, 0.25) is 5.95 Å². The molecular formula is C21H25N7S. The van der Waals surface area contributed by atoms with Gasteiger partial charge in [0.15, 0.2) is 0 Å². The van der Waals surface area contributed by atoms with Crippen LogP contribution in [0.1, 0.15) is 24.1 Å². The molecule has 0 aliphatic carbocycles. The summed E-state index contributed by atoms with van der Waals surface area (Å²) in [6.07, 6.45) is 6.84. The van der Waals surface area contributed by atoms with Crippen molar-refractivity contribution >= 4 is 39.3 Å². The van der Waals surface area contributed by atoms with Crippen molar-refractivity contribution in [2.24, 2.45) is 10.7 Å². The third kappa shape index (κ3) is 4.13. The lowest BCUT2D eigenvalue weighted by Crippen LogP contribution is -2.47. The molecule has 1 atom stereocenters. The molecule has 150 valence electrons. The van der Waals surface area contributed by atoms with E-state index in [0.717, 1.165) is 48.8 Å². The van der Waals surface area contributed by atoms with Gasteiger partial charge in [0, 0.05) is 75.2 Å². The Morgan fingerprint density at radius 3 is 2.62 bits per heavy atom. The molecule has 1 fully saturated rings. The van der Waals surface area contributed by atoms with Gasteiger partial charge in [-0.25, -0.2) is 15.0 Å². The maximum absolute atomic E-state index is 5.66. The molecule has 3 aromatic rings. The van der Waals surface area contributed by atoms with Crippen molar-refractivity contribution in [2.75, 3.05) is 38.1 Å². The van der Waals surface area contributed by atoms with Crippen LogP contribution in [0.3, 0.4) is 0 Å². The third-order valence-electron chi connectivity index (χ3n) is 5.40. The largest absolute Gasteiger partial charge is 0.404 e. The summed E-state index contributed by atoms with van der Waals surface area (Å²) in [7, 11) is 1.72. The molecule has 0 amide bonds. The Kier molecular flexibility index (Phi) is 5.82. The second-order valence-electron chi connectivity index (χ2n) is 7.06. The van der Waals surface area contributed by atoms with Crippen LogP contribution in [0.5, 0.6) is 0 Å². The molecule has 7 nitrogen and oxygen atoms in total. The lowest BCUT2D eigenvalue weighted by atomic mass is 10.1. The Balaban J connectivity index is 1.39. The van der Waals surface area contributed by atoms with E-state index < -0.39 is 0 Å². The van der Waals surface area contributed by atoms with Crippen LogP contribution in [0.25, 0.3) is 15.8 Å². The van der Waals surface area contributed by atoms with Gasteiger partial charge in [-0.1, -0.05) is 6.07 Å². The van der Waals surface area contributed by atoms with Crippen LogP contribution < -0.4 is 10.6 Å². The van der Waals surface area contributed by atoms with E-state index in [0.29, 0.717) is 6.04 Å². The first-order chi connectivity index (χ1) is 14.2. The molecule has 8 heteroatoms. The lowest BCUT2D eigenvalue weighted by molar-refractivity contribution is 0.198. The molecular weight excluding hydrogens is 382 g/mol. The summed E-state index contributed by atoms with van der Waals surface area (Å²) in [6.45, 7) is 6.01. The molecule has 0 spiro atoms. The zero-order valence-electron chi connectivity index (χ0n) is 16.7. The van der Waals surface area contributed by atoms with E-state index in [1.54, 1.807) is 37.0 Å². The van der Waals surface area contributed by atoms with Crippen molar-refractivity contribution in [3.63, 3.8) is 0 Å². The number of rotatable bonds is 5. The van der Waals surface area contributed by atoms with Gasteiger partial charge in [0.05, 0.1) is 15.7 Å². The van der Waals surface area contributed by atoms with Gasteiger partial charge in [0.25, 0.3) is 0 Å². The fourth-order valence-corrected chi connectivity index (χ4v) is 4.30. The Labute approximate surface area is 174 Å². The number of thiazole rings is 1. The van der Waals surface area contributed by atoms with E-state index in [-0.39, 0.29) is 0 Å². The number of fused-ring (bicyclic) bond motifs is 1. The monoisotopic (exact) mass is 407 g/mol. The van der Waals surface area contributed by atoms with E-state index in [9.17, 15) is 0 Å². The molecule has 1 saturated heterocycles. The number of hydrogen-bond acceptors (Lipinski definition) is 8. The van der Waals surface area contributed by atoms with Gasteiger partial charge in [-0.05, 0) is 24.6 Å². The second kappa shape index (κ2) is 8.67. The van der Waals surface area contributed by atoms with Gasteiger partial charge >= 0.3 is 0 Å². The molecule has 2 aromatic heterocycles. The first kappa shape index (κ1) is 19.5. The highest BCUT2D eigenvalue weighted by atomic mass is 32.1. The summed E-state index contributed by atoms with van der Waals surface area (Å²) < 4.78 is 1.24. The number of nitrogens with zero attached hydrogens (tertiary/aromatic N) is 6. The van der Waals surface area contributed by atoms with Crippen molar-refractivity contribution in [1.82, 2.24) is 19.9 Å². The van der Waals surface area contributed by atoms with E-state index in [1.165, 1.54) is 16.5 Å². The quantitative estimate of drug-likeness (QED) is 0.655. The van der Waals surface area contributed by atoms with Crippen molar-refractivity contribution < 1.29 is 0 Å². The van der Waals surface area contributed by atoms with E-state index in [2.05, 4.69) is 54.9 Å². The van der Waals surface area contributed by atoms with Crippen LogP contribution in [0.4, 0.5) is 5.95 Å². The van der Waals surface area contributed by atoms with Gasteiger partial charge in [-0.2, -0.15) is 0 Å². The van der Waals surface area contributed by atoms with Crippen molar-refractivity contribution in [1.29, 1.82) is 0 Å². The Morgan fingerprint density at radius 1 is 1.17 bits per heavy atom. The topological polar surface area (TPSA) is 83.5 Å². The highest BCUT2D eigenvalue weighted by Gasteiger charge is 2.23. The number of hydrogen-bond donors (Lipinski definition) is 1. The minimum absolute atomic E-state index is 0.358. The Morgan fingerprint density at radius 2 is 1.93 bits per heavy atom. The average molecular weight is 408 g/mol. The standard InChI is InChI=1S/C21H25N7S/c1-15(16-3-4-20-19(9-16)26-14-29-20)27-5-7-28(8-6-27)21-24-12-18(13-25-21)17(10-22)11-23-2/h3-4,9-15H,5-8,22H2,1-2H3. The van der Waals surface area contributed by atoms with Gasteiger partial charge in [-0.3, -0.25) is 9.89 Å². The first-order valence-electron chi connectivity index (χ1n) is 9.68. The number of benzene rings is 1. The minimum atomic E-state index is 0.358. The number of anilines is 1. The van der Waals surface area contributed by atoms with Gasteiger partial charge < -0.3 is 10.6 Å². The fraction of sp³-hybridized carbons (Fsp3) is 0.333.